The number of amides is 1. The summed E-state index contributed by atoms with van der Waals surface area (Å²) in [6, 6.07) is 2.94. The van der Waals surface area contributed by atoms with Gasteiger partial charge >= 0.3 is 12.1 Å². The molecule has 2 aromatic rings. The molecule has 1 atom stereocenters. The zero-order chi connectivity index (χ0) is 18.2. The third kappa shape index (κ3) is 3.74. The quantitative estimate of drug-likeness (QED) is 0.808. The molecule has 2 aromatic heterocycles. The predicted octanol–water partition coefficient (Wildman–Crippen LogP) is 3.99. The Bertz CT molecular complexity index is 855. The van der Waals surface area contributed by atoms with Gasteiger partial charge in [-0.3, -0.25) is 10.1 Å². The van der Waals surface area contributed by atoms with Gasteiger partial charge in [-0.1, -0.05) is 6.08 Å². The lowest BCUT2D eigenvalue weighted by molar-refractivity contribution is -0.160. The number of carbonyl (C=O) groups excluding carboxylic acids is 2. The molecule has 0 saturated heterocycles. The first-order valence-corrected chi connectivity index (χ1v) is 8.65. The van der Waals surface area contributed by atoms with Gasteiger partial charge in [0, 0.05) is 4.88 Å². The molecule has 2 heterocycles. The summed E-state index contributed by atoms with van der Waals surface area (Å²) in [7, 11) is 1.24. The fourth-order valence-electron chi connectivity index (χ4n) is 2.22. The zero-order valence-corrected chi connectivity index (χ0v) is 14.3. The molecule has 0 aliphatic heterocycles. The second kappa shape index (κ2) is 6.60. The van der Waals surface area contributed by atoms with Crippen molar-refractivity contribution in [1.82, 2.24) is 4.98 Å². The van der Waals surface area contributed by atoms with Crippen molar-refractivity contribution < 1.29 is 27.5 Å². The van der Waals surface area contributed by atoms with Crippen molar-refractivity contribution in [1.29, 1.82) is 0 Å². The number of methoxy groups -OCH3 is 1. The number of rotatable bonds is 3. The minimum absolute atomic E-state index is 0.186. The van der Waals surface area contributed by atoms with Crippen molar-refractivity contribution >= 4 is 45.8 Å². The van der Waals surface area contributed by atoms with E-state index in [0.29, 0.717) is 10.6 Å². The van der Waals surface area contributed by atoms with E-state index >= 15 is 0 Å². The number of hydrogen-bond acceptors (Lipinski definition) is 6. The summed E-state index contributed by atoms with van der Waals surface area (Å²) in [6.45, 7) is 0. The maximum Gasteiger partial charge on any atom is 0.395 e. The lowest BCUT2D eigenvalue weighted by atomic mass is 9.97. The highest BCUT2D eigenvalue weighted by molar-refractivity contribution is 7.17. The summed E-state index contributed by atoms with van der Waals surface area (Å²) in [6.07, 6.45) is -2.09. The van der Waals surface area contributed by atoms with Gasteiger partial charge in [0.15, 0.2) is 5.13 Å². The summed E-state index contributed by atoms with van der Waals surface area (Å²) < 4.78 is 43.0. The van der Waals surface area contributed by atoms with Gasteiger partial charge in [0.05, 0.1) is 23.6 Å². The summed E-state index contributed by atoms with van der Waals surface area (Å²) in [5.41, 5.74) is 0.433. The topological polar surface area (TPSA) is 68.3 Å². The number of alkyl halides is 3. The van der Waals surface area contributed by atoms with Crippen LogP contribution >= 0.6 is 22.7 Å². The Morgan fingerprint density at radius 3 is 2.68 bits per heavy atom. The maximum absolute atomic E-state index is 12.8. The zero-order valence-electron chi connectivity index (χ0n) is 12.7. The average molecular weight is 388 g/mol. The largest absolute Gasteiger partial charge is 0.465 e. The standard InChI is InChI=1S/C15H11F3N2O3S2/c1-23-13(22)10-5-4-9(24-10)12(21)20-14-19-8-3-2-7(15(16,17)18)6-11(8)25-14/h2-5,7H,6H2,1H3,(H,19,20,21). The van der Waals surface area contributed by atoms with E-state index < -0.39 is 24.0 Å². The van der Waals surface area contributed by atoms with Crippen LogP contribution in [0.25, 0.3) is 6.08 Å². The molecule has 0 saturated carbocycles. The monoisotopic (exact) mass is 388 g/mol. The smallest absolute Gasteiger partial charge is 0.395 e. The molecule has 25 heavy (non-hydrogen) atoms. The van der Waals surface area contributed by atoms with Gasteiger partial charge in [-0.05, 0) is 24.6 Å². The Morgan fingerprint density at radius 1 is 1.28 bits per heavy atom. The number of esters is 1. The van der Waals surface area contributed by atoms with Crippen LogP contribution in [0.4, 0.5) is 18.3 Å². The number of fused-ring (bicyclic) bond motifs is 1. The van der Waals surface area contributed by atoms with E-state index in [1.807, 2.05) is 0 Å². The summed E-state index contributed by atoms with van der Waals surface area (Å²) in [5, 5.41) is 2.77. The van der Waals surface area contributed by atoms with Crippen LogP contribution in [0.2, 0.25) is 0 Å². The maximum atomic E-state index is 12.8. The molecule has 3 rings (SSSR count). The number of carbonyl (C=O) groups is 2. The number of hydrogen-bond donors (Lipinski definition) is 1. The van der Waals surface area contributed by atoms with Crippen LogP contribution in [-0.2, 0) is 11.2 Å². The number of nitrogens with one attached hydrogen (secondary N) is 1. The van der Waals surface area contributed by atoms with Crippen LogP contribution in [0.3, 0.4) is 0 Å². The van der Waals surface area contributed by atoms with Gasteiger partial charge in [0.1, 0.15) is 4.88 Å². The van der Waals surface area contributed by atoms with Gasteiger partial charge in [0.2, 0.25) is 0 Å². The molecule has 10 heteroatoms. The average Bonchev–Trinajstić information content (AvgIpc) is 3.18. The molecule has 0 fully saturated rings. The molecule has 0 aromatic carbocycles. The highest BCUT2D eigenvalue weighted by Gasteiger charge is 2.40. The lowest BCUT2D eigenvalue weighted by Gasteiger charge is -2.18. The minimum Gasteiger partial charge on any atom is -0.465 e. The van der Waals surface area contributed by atoms with E-state index in [9.17, 15) is 22.8 Å². The van der Waals surface area contributed by atoms with E-state index in [1.165, 1.54) is 25.3 Å². The summed E-state index contributed by atoms with van der Waals surface area (Å²) >= 11 is 1.97. The van der Waals surface area contributed by atoms with Crippen LogP contribution in [0.1, 0.15) is 29.9 Å². The van der Waals surface area contributed by atoms with Crippen molar-refractivity contribution in [3.8, 4) is 0 Å². The number of ether oxygens (including phenoxy) is 1. The first-order valence-electron chi connectivity index (χ1n) is 7.02. The fraction of sp³-hybridized carbons (Fsp3) is 0.267. The molecule has 1 aliphatic rings. The number of thiazole rings is 1. The van der Waals surface area contributed by atoms with Gasteiger partial charge in [0.25, 0.3) is 5.91 Å². The third-order valence-electron chi connectivity index (χ3n) is 3.48. The van der Waals surface area contributed by atoms with Gasteiger partial charge in [-0.15, -0.1) is 22.7 Å². The van der Waals surface area contributed by atoms with Gasteiger partial charge < -0.3 is 4.74 Å². The van der Waals surface area contributed by atoms with Crippen LogP contribution in [-0.4, -0.2) is 30.1 Å². The summed E-state index contributed by atoms with van der Waals surface area (Å²) in [5.74, 6) is -2.57. The van der Waals surface area contributed by atoms with Crippen LogP contribution in [0.5, 0.6) is 0 Å². The lowest BCUT2D eigenvalue weighted by Crippen LogP contribution is -2.24. The first kappa shape index (κ1) is 17.6. The number of halogens is 3. The van der Waals surface area contributed by atoms with E-state index in [1.54, 1.807) is 0 Å². The summed E-state index contributed by atoms with van der Waals surface area (Å²) in [4.78, 5) is 28.8. The molecule has 1 aliphatic carbocycles. The Labute approximate surface area is 148 Å². The predicted molar refractivity (Wildman–Crippen MR) is 88.0 cm³/mol. The number of aromatic nitrogens is 1. The second-order valence-corrected chi connectivity index (χ2v) is 7.32. The third-order valence-corrected chi connectivity index (χ3v) is 5.55. The molecular formula is C15H11F3N2O3S2. The van der Waals surface area contributed by atoms with E-state index in [-0.39, 0.29) is 21.3 Å². The molecular weight excluding hydrogens is 377 g/mol. The van der Waals surface area contributed by atoms with Crippen molar-refractivity contribution in [2.45, 2.75) is 12.6 Å². The molecule has 1 unspecified atom stereocenters. The number of nitrogens with zero attached hydrogens (tertiary/aromatic N) is 1. The number of allylic oxidation sites excluding steroid dienone is 1. The molecule has 0 bridgehead atoms. The molecule has 132 valence electrons. The second-order valence-electron chi connectivity index (χ2n) is 5.15. The first-order chi connectivity index (χ1) is 11.8. The number of anilines is 1. The van der Waals surface area contributed by atoms with Crippen molar-refractivity contribution in [2.24, 2.45) is 5.92 Å². The number of thiophene rings is 1. The SMILES string of the molecule is COC(=O)c1ccc(C(=O)Nc2nc3c(s2)CC(C(F)(F)F)C=C3)s1. The van der Waals surface area contributed by atoms with E-state index in [0.717, 1.165) is 28.7 Å². The van der Waals surface area contributed by atoms with E-state index in [2.05, 4.69) is 15.0 Å². The molecule has 0 spiro atoms. The van der Waals surface area contributed by atoms with Gasteiger partial charge in [-0.25, -0.2) is 9.78 Å². The Morgan fingerprint density at radius 2 is 2.00 bits per heavy atom. The molecule has 1 N–H and O–H groups in total. The highest BCUT2D eigenvalue weighted by atomic mass is 32.1. The van der Waals surface area contributed by atoms with Crippen LogP contribution in [0, 0.1) is 5.92 Å². The van der Waals surface area contributed by atoms with Crippen molar-refractivity contribution in [3.05, 3.63) is 38.5 Å². The van der Waals surface area contributed by atoms with Crippen molar-refractivity contribution in [2.75, 3.05) is 12.4 Å². The Balaban J connectivity index is 1.72. The van der Waals surface area contributed by atoms with Crippen LogP contribution in [0.15, 0.2) is 18.2 Å². The van der Waals surface area contributed by atoms with E-state index in [4.69, 9.17) is 0 Å². The minimum atomic E-state index is -4.30. The fourth-order valence-corrected chi connectivity index (χ4v) is 4.04. The Hall–Kier alpha value is -2.20. The molecule has 0 radical (unpaired) electrons. The normalized spacial score (nSPS) is 16.4. The van der Waals surface area contributed by atoms with Gasteiger partial charge in [-0.2, -0.15) is 13.2 Å². The molecule has 5 nitrogen and oxygen atoms in total. The van der Waals surface area contributed by atoms with Crippen LogP contribution < -0.4 is 5.32 Å². The Kier molecular flexibility index (Phi) is 4.65. The van der Waals surface area contributed by atoms with Crippen molar-refractivity contribution in [3.63, 3.8) is 0 Å². The molecule has 1 amide bonds. The highest BCUT2D eigenvalue weighted by Crippen LogP contribution is 2.38.